The highest BCUT2D eigenvalue weighted by Crippen LogP contribution is 2.55. The van der Waals surface area contributed by atoms with Crippen LogP contribution in [0.3, 0.4) is 0 Å². The number of carboxylic acid groups (broad SMARTS) is 1. The standard InChI is InChI=1S/C24H28OP.C2H4O2/c1-19-5-11-22(12-6-19)26(18-4-17-25,23-13-7-20(2)8-14-23)24-15-9-21(3)10-16-24;1-2(3)4/h5-16,25H,4,17-18H2,1-3H3;1H3,(H,3,4)/q+1;/p-1. The van der Waals surface area contributed by atoms with E-state index in [1.165, 1.54) is 32.6 Å². The molecule has 0 aliphatic carbocycles. The molecule has 4 heteroatoms. The molecule has 0 amide bonds. The van der Waals surface area contributed by atoms with Crippen molar-refractivity contribution in [1.82, 2.24) is 0 Å². The van der Waals surface area contributed by atoms with Gasteiger partial charge in [-0.3, -0.25) is 0 Å². The summed E-state index contributed by atoms with van der Waals surface area (Å²) in [7, 11) is -1.79. The first-order chi connectivity index (χ1) is 14.3. The van der Waals surface area contributed by atoms with Gasteiger partial charge in [0.1, 0.15) is 23.2 Å². The molecule has 0 saturated heterocycles. The number of aliphatic carboxylic acids is 1. The smallest absolute Gasteiger partial charge is 0.112 e. The van der Waals surface area contributed by atoms with Crippen molar-refractivity contribution < 1.29 is 15.0 Å². The number of aryl methyl sites for hydroxylation is 3. The molecule has 0 aliphatic rings. The molecule has 30 heavy (non-hydrogen) atoms. The number of aliphatic hydroxyl groups excluding tert-OH is 1. The molecule has 0 spiro atoms. The summed E-state index contributed by atoms with van der Waals surface area (Å²) in [6, 6.07) is 27.0. The van der Waals surface area contributed by atoms with Crippen LogP contribution in [0, 0.1) is 20.8 Å². The van der Waals surface area contributed by atoms with Crippen LogP contribution in [0.4, 0.5) is 0 Å². The maximum Gasteiger partial charge on any atom is 0.112 e. The van der Waals surface area contributed by atoms with Gasteiger partial charge in [-0.2, -0.15) is 0 Å². The maximum absolute atomic E-state index is 9.62. The van der Waals surface area contributed by atoms with Crippen molar-refractivity contribution in [2.45, 2.75) is 34.1 Å². The van der Waals surface area contributed by atoms with Crippen molar-refractivity contribution in [3.8, 4) is 0 Å². The molecule has 0 heterocycles. The maximum atomic E-state index is 9.62. The molecule has 1 N–H and O–H groups in total. The lowest BCUT2D eigenvalue weighted by Gasteiger charge is -2.28. The quantitative estimate of drug-likeness (QED) is 0.621. The summed E-state index contributed by atoms with van der Waals surface area (Å²) in [6.07, 6.45) is 1.79. The Hall–Kier alpha value is -2.48. The SMILES string of the molecule is CC(=O)[O-].Cc1ccc([P+](CCCO)(c2ccc(C)cc2)c2ccc(C)cc2)cc1. The first-order valence-electron chi connectivity index (χ1n) is 10.2. The number of carboxylic acids is 1. The molecule has 0 aromatic heterocycles. The molecule has 0 aliphatic heterocycles. The van der Waals surface area contributed by atoms with E-state index in [-0.39, 0.29) is 6.61 Å². The van der Waals surface area contributed by atoms with Crippen LogP contribution in [-0.2, 0) is 4.79 Å². The lowest BCUT2D eigenvalue weighted by atomic mass is 10.2. The fraction of sp³-hybridized carbons (Fsp3) is 0.269. The minimum absolute atomic E-state index is 0.228. The minimum Gasteiger partial charge on any atom is -0.550 e. The van der Waals surface area contributed by atoms with Crippen molar-refractivity contribution in [2.75, 3.05) is 12.8 Å². The average molecular weight is 423 g/mol. The third kappa shape index (κ3) is 6.01. The summed E-state index contributed by atoms with van der Waals surface area (Å²) in [4.78, 5) is 8.89. The highest BCUT2D eigenvalue weighted by Gasteiger charge is 2.44. The largest absolute Gasteiger partial charge is 0.550 e. The molecule has 0 unspecified atom stereocenters. The summed E-state index contributed by atoms with van der Waals surface area (Å²) in [5.74, 6) is -1.08. The van der Waals surface area contributed by atoms with E-state index in [9.17, 15) is 5.11 Å². The molecule has 158 valence electrons. The summed E-state index contributed by atoms with van der Waals surface area (Å²) in [5.41, 5.74) is 3.84. The molecule has 3 nitrogen and oxygen atoms in total. The Bertz CT molecular complexity index is 815. The molecular formula is C26H31O3P. The second kappa shape index (κ2) is 11.1. The molecule has 0 saturated carbocycles. The molecule has 3 rings (SSSR count). The van der Waals surface area contributed by atoms with Crippen LogP contribution >= 0.6 is 7.26 Å². The van der Waals surface area contributed by atoms with Gasteiger partial charge in [0, 0.05) is 19.0 Å². The number of aliphatic hydroxyl groups is 1. The van der Waals surface area contributed by atoms with Gasteiger partial charge in [-0.15, -0.1) is 0 Å². The van der Waals surface area contributed by atoms with E-state index in [0.29, 0.717) is 0 Å². The van der Waals surface area contributed by atoms with Gasteiger partial charge in [-0.1, -0.05) is 53.1 Å². The summed E-state index contributed by atoms with van der Waals surface area (Å²) in [5, 5.41) is 22.7. The van der Waals surface area contributed by atoms with E-state index in [1.807, 2.05) is 0 Å². The van der Waals surface area contributed by atoms with E-state index in [0.717, 1.165) is 19.5 Å². The van der Waals surface area contributed by atoms with Gasteiger partial charge in [0.25, 0.3) is 0 Å². The Kier molecular flexibility index (Phi) is 8.77. The van der Waals surface area contributed by atoms with Gasteiger partial charge >= 0.3 is 0 Å². The number of carbonyl (C=O) groups is 1. The lowest BCUT2D eigenvalue weighted by Crippen LogP contribution is -2.33. The van der Waals surface area contributed by atoms with Gasteiger partial charge in [0.2, 0.25) is 0 Å². The Morgan fingerprint density at radius 2 is 1.00 bits per heavy atom. The number of carbonyl (C=O) groups excluding carboxylic acids is 1. The predicted molar refractivity (Wildman–Crippen MR) is 127 cm³/mol. The monoisotopic (exact) mass is 422 g/mol. The van der Waals surface area contributed by atoms with Crippen molar-refractivity contribution >= 4 is 29.1 Å². The number of hydrogen-bond donors (Lipinski definition) is 1. The van der Waals surface area contributed by atoms with Crippen molar-refractivity contribution in [2.24, 2.45) is 0 Å². The first-order valence-corrected chi connectivity index (χ1v) is 12.1. The molecular weight excluding hydrogens is 391 g/mol. The van der Waals surface area contributed by atoms with Crippen LogP contribution in [0.15, 0.2) is 72.8 Å². The van der Waals surface area contributed by atoms with E-state index in [4.69, 9.17) is 9.90 Å². The van der Waals surface area contributed by atoms with Crippen LogP contribution in [0.25, 0.3) is 0 Å². The summed E-state index contributed by atoms with van der Waals surface area (Å²) < 4.78 is 0. The van der Waals surface area contributed by atoms with Gasteiger partial charge in [-0.05, 0) is 64.1 Å². The van der Waals surface area contributed by atoms with Crippen molar-refractivity contribution in [1.29, 1.82) is 0 Å². The van der Waals surface area contributed by atoms with Gasteiger partial charge < -0.3 is 15.0 Å². The molecule has 0 radical (unpaired) electrons. The van der Waals surface area contributed by atoms with E-state index in [2.05, 4.69) is 93.6 Å². The number of benzene rings is 3. The zero-order valence-electron chi connectivity index (χ0n) is 18.3. The number of hydrogen-bond acceptors (Lipinski definition) is 3. The third-order valence-electron chi connectivity index (χ3n) is 5.08. The topological polar surface area (TPSA) is 60.4 Å². The highest BCUT2D eigenvalue weighted by atomic mass is 31.2. The average Bonchev–Trinajstić information content (AvgIpc) is 2.71. The molecule has 0 atom stereocenters. The van der Waals surface area contributed by atoms with Crippen molar-refractivity contribution in [3.63, 3.8) is 0 Å². The van der Waals surface area contributed by atoms with E-state index in [1.54, 1.807) is 0 Å². The fourth-order valence-corrected chi connectivity index (χ4v) is 7.80. The van der Waals surface area contributed by atoms with Crippen LogP contribution in [0.5, 0.6) is 0 Å². The third-order valence-corrected chi connectivity index (χ3v) is 9.60. The van der Waals surface area contributed by atoms with Gasteiger partial charge in [0.15, 0.2) is 0 Å². The highest BCUT2D eigenvalue weighted by molar-refractivity contribution is 7.95. The van der Waals surface area contributed by atoms with Crippen LogP contribution in [0.2, 0.25) is 0 Å². The number of rotatable bonds is 6. The van der Waals surface area contributed by atoms with Gasteiger partial charge in [0.05, 0.1) is 6.16 Å². The van der Waals surface area contributed by atoms with E-state index >= 15 is 0 Å². The second-order valence-electron chi connectivity index (χ2n) is 7.61. The molecule has 3 aromatic carbocycles. The second-order valence-corrected chi connectivity index (χ2v) is 11.2. The Morgan fingerprint density at radius 1 is 0.733 bits per heavy atom. The van der Waals surface area contributed by atoms with Crippen LogP contribution in [-0.4, -0.2) is 23.8 Å². The van der Waals surface area contributed by atoms with Gasteiger partial charge in [-0.25, -0.2) is 0 Å². The Labute approximate surface area is 180 Å². The molecule has 3 aromatic rings. The summed E-state index contributed by atoms with van der Waals surface area (Å²) in [6.45, 7) is 7.60. The molecule has 0 fully saturated rings. The Morgan fingerprint density at radius 3 is 1.23 bits per heavy atom. The predicted octanol–water partition coefficient (Wildman–Crippen LogP) is 3.04. The lowest BCUT2D eigenvalue weighted by molar-refractivity contribution is -0.302. The van der Waals surface area contributed by atoms with E-state index < -0.39 is 13.2 Å². The van der Waals surface area contributed by atoms with Crippen LogP contribution < -0.4 is 21.0 Å². The zero-order chi connectivity index (χ0) is 22.1. The summed E-state index contributed by atoms with van der Waals surface area (Å²) >= 11 is 0. The Balaban J connectivity index is 0.000000735. The minimum atomic E-state index is -1.79. The fourth-order valence-electron chi connectivity index (χ4n) is 3.54. The first kappa shape index (κ1) is 23.8. The molecule has 0 bridgehead atoms. The van der Waals surface area contributed by atoms with Crippen molar-refractivity contribution in [3.05, 3.63) is 89.5 Å². The normalized spacial score (nSPS) is 10.8. The van der Waals surface area contributed by atoms with Crippen LogP contribution in [0.1, 0.15) is 30.0 Å². The zero-order valence-corrected chi connectivity index (χ0v) is 19.2.